The zero-order valence-corrected chi connectivity index (χ0v) is 15.2. The lowest BCUT2D eigenvalue weighted by Gasteiger charge is -2.20. The summed E-state index contributed by atoms with van der Waals surface area (Å²) in [6.45, 7) is 0.884. The van der Waals surface area contributed by atoms with Crippen LogP contribution in [-0.2, 0) is 16.6 Å². The molecule has 1 atom stereocenters. The number of benzene rings is 1. The first-order valence-corrected chi connectivity index (χ1v) is 9.50. The Morgan fingerprint density at radius 2 is 2.21 bits per heavy atom. The molecule has 0 radical (unpaired) electrons. The van der Waals surface area contributed by atoms with Gasteiger partial charge in [-0.3, -0.25) is 0 Å². The van der Waals surface area contributed by atoms with Crippen LogP contribution in [0.1, 0.15) is 29.6 Å². The summed E-state index contributed by atoms with van der Waals surface area (Å²) in [5.41, 5.74) is 1.05. The molecule has 130 valence electrons. The fourth-order valence-electron chi connectivity index (χ4n) is 2.81. The third-order valence-electron chi connectivity index (χ3n) is 4.13. The zero-order valence-electron chi connectivity index (χ0n) is 13.6. The Morgan fingerprint density at radius 1 is 1.42 bits per heavy atom. The molecular weight excluding hydrogens is 350 g/mol. The summed E-state index contributed by atoms with van der Waals surface area (Å²) in [5.74, 6) is 1.34. The van der Waals surface area contributed by atoms with E-state index < -0.39 is 10.2 Å². The van der Waals surface area contributed by atoms with Gasteiger partial charge in [-0.1, -0.05) is 23.7 Å². The van der Waals surface area contributed by atoms with Crippen molar-refractivity contribution in [1.29, 1.82) is 0 Å². The Kier molecular flexibility index (Phi) is 4.96. The maximum atomic E-state index is 12.2. The average molecular weight is 370 g/mol. The predicted octanol–water partition coefficient (Wildman–Crippen LogP) is 2.51. The van der Waals surface area contributed by atoms with E-state index in [2.05, 4.69) is 4.98 Å². The van der Waals surface area contributed by atoms with Gasteiger partial charge in [0.2, 0.25) is 0 Å². The van der Waals surface area contributed by atoms with Gasteiger partial charge >= 0.3 is 0 Å². The van der Waals surface area contributed by atoms with Gasteiger partial charge in [-0.15, -0.1) is 0 Å². The van der Waals surface area contributed by atoms with Crippen LogP contribution < -0.4 is 0 Å². The molecule has 2 heterocycles. The lowest BCUT2D eigenvalue weighted by atomic mass is 10.1. The van der Waals surface area contributed by atoms with Crippen molar-refractivity contribution in [2.45, 2.75) is 18.8 Å². The number of hydrogen-bond acceptors (Lipinski definition) is 4. The summed E-state index contributed by atoms with van der Waals surface area (Å²) in [6, 6.07) is 7.60. The maximum absolute atomic E-state index is 12.2. The topological polar surface area (TPSA) is 66.7 Å². The van der Waals surface area contributed by atoms with E-state index in [4.69, 9.17) is 16.0 Å². The van der Waals surface area contributed by atoms with E-state index in [1.165, 1.54) is 22.7 Å². The van der Waals surface area contributed by atoms with Crippen molar-refractivity contribution in [3.8, 4) is 0 Å². The predicted molar refractivity (Wildman–Crippen MR) is 92.3 cm³/mol. The molecule has 1 aliphatic heterocycles. The summed E-state index contributed by atoms with van der Waals surface area (Å²) in [5, 5.41) is 0.688. The third kappa shape index (κ3) is 3.64. The third-order valence-corrected chi connectivity index (χ3v) is 6.27. The van der Waals surface area contributed by atoms with E-state index in [0.29, 0.717) is 36.8 Å². The number of halogens is 1. The molecule has 0 unspecified atom stereocenters. The standard InChI is InChI=1S/C16H20ClN3O3S/c1-19(2)24(21,22)20-7-6-13(11-20)16-18-10-15(23-16)9-12-4-3-5-14(17)8-12/h3-5,8,10,13H,6-7,9,11H2,1-2H3/t13-/m1/s1. The molecule has 1 saturated heterocycles. The smallest absolute Gasteiger partial charge is 0.281 e. The van der Waals surface area contributed by atoms with Crippen LogP contribution in [0.25, 0.3) is 0 Å². The van der Waals surface area contributed by atoms with Crippen molar-refractivity contribution in [3.63, 3.8) is 0 Å². The molecule has 2 aromatic rings. The molecule has 0 aliphatic carbocycles. The zero-order chi connectivity index (χ0) is 17.3. The van der Waals surface area contributed by atoms with Gasteiger partial charge in [0.25, 0.3) is 10.2 Å². The van der Waals surface area contributed by atoms with Crippen LogP contribution in [0.3, 0.4) is 0 Å². The van der Waals surface area contributed by atoms with Gasteiger partial charge in [-0.2, -0.15) is 17.0 Å². The highest BCUT2D eigenvalue weighted by molar-refractivity contribution is 7.86. The Hall–Kier alpha value is -1.41. The average Bonchev–Trinajstić information content (AvgIpc) is 3.16. The molecule has 0 bridgehead atoms. The summed E-state index contributed by atoms with van der Waals surface area (Å²) in [7, 11) is -0.304. The number of hydrogen-bond donors (Lipinski definition) is 0. The minimum Gasteiger partial charge on any atom is -0.445 e. The molecule has 1 aromatic heterocycles. The SMILES string of the molecule is CN(C)S(=O)(=O)N1CC[C@@H](c2ncc(Cc3cccc(Cl)c3)o2)C1. The Bertz CT molecular complexity index is 819. The minimum atomic E-state index is -3.38. The van der Waals surface area contributed by atoms with Crippen molar-refractivity contribution in [2.24, 2.45) is 0 Å². The van der Waals surface area contributed by atoms with Crippen LogP contribution >= 0.6 is 11.6 Å². The summed E-state index contributed by atoms with van der Waals surface area (Å²) in [4.78, 5) is 4.34. The van der Waals surface area contributed by atoms with Crippen LogP contribution in [0.2, 0.25) is 5.02 Å². The second kappa shape index (κ2) is 6.84. The van der Waals surface area contributed by atoms with Crippen LogP contribution in [0.4, 0.5) is 0 Å². The van der Waals surface area contributed by atoms with Gasteiger partial charge in [0.05, 0.1) is 12.1 Å². The molecule has 8 heteroatoms. The lowest BCUT2D eigenvalue weighted by molar-refractivity contribution is 0.400. The Morgan fingerprint density at radius 3 is 2.92 bits per heavy atom. The second-order valence-electron chi connectivity index (χ2n) is 6.11. The van der Waals surface area contributed by atoms with E-state index >= 15 is 0 Å². The highest BCUT2D eigenvalue weighted by Gasteiger charge is 2.35. The molecule has 0 N–H and O–H groups in total. The highest BCUT2D eigenvalue weighted by atomic mass is 35.5. The van der Waals surface area contributed by atoms with E-state index in [0.717, 1.165) is 11.3 Å². The molecule has 0 saturated carbocycles. The van der Waals surface area contributed by atoms with Crippen molar-refractivity contribution < 1.29 is 12.8 Å². The number of aromatic nitrogens is 1. The first-order valence-electron chi connectivity index (χ1n) is 7.73. The van der Waals surface area contributed by atoms with Crippen molar-refractivity contribution in [1.82, 2.24) is 13.6 Å². The van der Waals surface area contributed by atoms with Gasteiger partial charge in [-0.25, -0.2) is 4.98 Å². The first kappa shape index (κ1) is 17.4. The molecular formula is C16H20ClN3O3S. The largest absolute Gasteiger partial charge is 0.445 e. The van der Waals surface area contributed by atoms with Gasteiger partial charge in [-0.05, 0) is 24.1 Å². The van der Waals surface area contributed by atoms with Crippen LogP contribution in [-0.4, -0.2) is 49.2 Å². The summed E-state index contributed by atoms with van der Waals surface area (Å²) < 4.78 is 32.9. The van der Waals surface area contributed by atoms with Crippen LogP contribution in [0, 0.1) is 0 Å². The molecule has 0 spiro atoms. The van der Waals surface area contributed by atoms with Crippen molar-refractivity contribution >= 4 is 21.8 Å². The van der Waals surface area contributed by atoms with Crippen molar-refractivity contribution in [3.05, 3.63) is 52.7 Å². The molecule has 1 fully saturated rings. The Labute approximate surface area is 147 Å². The molecule has 1 aliphatic rings. The van der Waals surface area contributed by atoms with Gasteiger partial charge in [0, 0.05) is 38.6 Å². The summed E-state index contributed by atoms with van der Waals surface area (Å²) >= 11 is 5.99. The van der Waals surface area contributed by atoms with Gasteiger partial charge in [0.15, 0.2) is 5.89 Å². The fourth-order valence-corrected chi connectivity index (χ4v) is 4.19. The second-order valence-corrected chi connectivity index (χ2v) is 8.68. The maximum Gasteiger partial charge on any atom is 0.281 e. The van der Waals surface area contributed by atoms with E-state index in [9.17, 15) is 8.42 Å². The quantitative estimate of drug-likeness (QED) is 0.812. The van der Waals surface area contributed by atoms with E-state index in [1.54, 1.807) is 6.20 Å². The fraction of sp³-hybridized carbons (Fsp3) is 0.438. The molecule has 3 rings (SSSR count). The highest BCUT2D eigenvalue weighted by Crippen LogP contribution is 2.29. The number of rotatable bonds is 5. The Balaban J connectivity index is 1.68. The lowest BCUT2D eigenvalue weighted by Crippen LogP contribution is -2.38. The minimum absolute atomic E-state index is 0.00663. The molecule has 24 heavy (non-hydrogen) atoms. The van der Waals surface area contributed by atoms with Gasteiger partial charge < -0.3 is 4.42 Å². The normalized spacial score (nSPS) is 19.2. The van der Waals surface area contributed by atoms with Crippen LogP contribution in [0.15, 0.2) is 34.9 Å². The molecule has 1 aromatic carbocycles. The van der Waals surface area contributed by atoms with Gasteiger partial charge in [0.1, 0.15) is 5.76 Å². The van der Waals surface area contributed by atoms with E-state index in [1.807, 2.05) is 24.3 Å². The monoisotopic (exact) mass is 369 g/mol. The van der Waals surface area contributed by atoms with Crippen molar-refractivity contribution in [2.75, 3.05) is 27.2 Å². The molecule has 0 amide bonds. The first-order chi connectivity index (χ1) is 11.4. The number of nitrogens with zero attached hydrogens (tertiary/aromatic N) is 3. The number of oxazole rings is 1. The van der Waals surface area contributed by atoms with E-state index in [-0.39, 0.29) is 5.92 Å². The molecule has 6 nitrogen and oxygen atoms in total. The summed E-state index contributed by atoms with van der Waals surface area (Å²) in [6.07, 6.45) is 3.03. The van der Waals surface area contributed by atoms with Crippen LogP contribution in [0.5, 0.6) is 0 Å².